The van der Waals surface area contributed by atoms with E-state index in [1.165, 1.54) is 16.7 Å². The Morgan fingerprint density at radius 1 is 0.400 bits per heavy atom. The van der Waals surface area contributed by atoms with Gasteiger partial charge < -0.3 is 0 Å². The van der Waals surface area contributed by atoms with Crippen molar-refractivity contribution in [3.05, 3.63) is 119 Å². The first-order chi connectivity index (χ1) is 12.4. The van der Waals surface area contributed by atoms with Crippen molar-refractivity contribution < 1.29 is 0 Å². The van der Waals surface area contributed by atoms with Crippen molar-refractivity contribution in [1.29, 1.82) is 0 Å². The Labute approximate surface area is 158 Å². The molecule has 122 valence electrons. The maximum atomic E-state index is 2.43. The summed E-state index contributed by atoms with van der Waals surface area (Å²) in [6.45, 7) is 0. The van der Waals surface area contributed by atoms with Crippen LogP contribution >= 0.6 is 0 Å². The van der Waals surface area contributed by atoms with Gasteiger partial charge in [0.25, 0.3) is 0 Å². The van der Waals surface area contributed by atoms with Crippen LogP contribution in [0, 0.1) is 0 Å². The monoisotopic (exact) mass is 518 g/mol. The molecule has 0 fully saturated rings. The minimum absolute atomic E-state index is 1.27. The molecule has 0 amide bonds. The van der Waals surface area contributed by atoms with Gasteiger partial charge in [0.15, 0.2) is 0 Å². The first-order valence-electron chi connectivity index (χ1n) is 8.37. The fourth-order valence-corrected chi connectivity index (χ4v) is 7.53. The second-order valence-electron chi connectivity index (χ2n) is 5.63. The SMILES string of the molecule is C(=[CH][Bi]([CH]=Cc1ccccc1)[CH]=Cc1ccccc1)c1ccccc1. The fourth-order valence-electron chi connectivity index (χ4n) is 2.36. The summed E-state index contributed by atoms with van der Waals surface area (Å²) in [6.07, 6.45) is 6.80. The van der Waals surface area contributed by atoms with Crippen molar-refractivity contribution in [2.24, 2.45) is 0 Å². The minimum atomic E-state index is -1.99. The molecule has 25 heavy (non-hydrogen) atoms. The third kappa shape index (κ3) is 6.29. The molecule has 3 aromatic rings. The van der Waals surface area contributed by atoms with Gasteiger partial charge in [0, 0.05) is 0 Å². The summed E-state index contributed by atoms with van der Waals surface area (Å²) in [5, 5.41) is 0. The van der Waals surface area contributed by atoms with Crippen molar-refractivity contribution in [2.45, 2.75) is 0 Å². The van der Waals surface area contributed by atoms with Crippen LogP contribution in [-0.2, 0) is 0 Å². The zero-order valence-electron chi connectivity index (χ0n) is 14.1. The Hall–Kier alpha value is -2.24. The molecule has 0 atom stereocenters. The Morgan fingerprint density at radius 3 is 0.960 bits per heavy atom. The van der Waals surface area contributed by atoms with Gasteiger partial charge in [-0.3, -0.25) is 0 Å². The molecule has 0 heterocycles. The van der Waals surface area contributed by atoms with Crippen LogP contribution in [0.15, 0.2) is 102 Å². The topological polar surface area (TPSA) is 0 Å². The molecule has 0 radical (unpaired) electrons. The molecule has 1 heteroatoms. The van der Waals surface area contributed by atoms with E-state index in [0.717, 1.165) is 0 Å². The first-order valence-corrected chi connectivity index (χ1v) is 14.4. The first kappa shape index (κ1) is 17.6. The third-order valence-corrected chi connectivity index (χ3v) is 9.47. The van der Waals surface area contributed by atoms with Crippen LogP contribution in [0.5, 0.6) is 0 Å². The van der Waals surface area contributed by atoms with E-state index in [4.69, 9.17) is 0 Å². The van der Waals surface area contributed by atoms with Crippen molar-refractivity contribution in [3.8, 4) is 0 Å². The quantitative estimate of drug-likeness (QED) is 0.339. The second-order valence-corrected chi connectivity index (χ2v) is 12.6. The zero-order valence-corrected chi connectivity index (χ0v) is 17.5. The van der Waals surface area contributed by atoms with E-state index in [0.29, 0.717) is 0 Å². The normalized spacial score (nSPS) is 11.9. The molecule has 0 saturated heterocycles. The average Bonchev–Trinajstić information content (AvgIpc) is 2.70. The van der Waals surface area contributed by atoms with E-state index >= 15 is 0 Å². The van der Waals surface area contributed by atoms with Crippen molar-refractivity contribution in [1.82, 2.24) is 0 Å². The van der Waals surface area contributed by atoms with E-state index in [1.54, 1.807) is 0 Å². The van der Waals surface area contributed by atoms with E-state index in [-0.39, 0.29) is 0 Å². The molecule has 0 bridgehead atoms. The van der Waals surface area contributed by atoms with E-state index in [1.807, 2.05) is 0 Å². The Balaban J connectivity index is 1.79. The van der Waals surface area contributed by atoms with Crippen LogP contribution in [0.1, 0.15) is 16.7 Å². The molecular formula is C24H21Bi. The molecule has 0 N–H and O–H groups in total. The molecular weight excluding hydrogens is 497 g/mol. The zero-order chi connectivity index (χ0) is 17.2. The van der Waals surface area contributed by atoms with E-state index < -0.39 is 21.8 Å². The molecule has 0 aliphatic carbocycles. The van der Waals surface area contributed by atoms with Gasteiger partial charge in [-0.15, -0.1) is 0 Å². The van der Waals surface area contributed by atoms with Gasteiger partial charge in [-0.2, -0.15) is 0 Å². The Kier molecular flexibility index (Phi) is 6.97. The summed E-state index contributed by atoms with van der Waals surface area (Å²) in [4.78, 5) is 0. The van der Waals surface area contributed by atoms with Crippen LogP contribution in [0.4, 0.5) is 0 Å². The van der Waals surface area contributed by atoms with Gasteiger partial charge in [0.05, 0.1) is 0 Å². The summed E-state index contributed by atoms with van der Waals surface area (Å²) in [7, 11) is 0. The summed E-state index contributed by atoms with van der Waals surface area (Å²) >= 11 is -1.99. The van der Waals surface area contributed by atoms with E-state index in [2.05, 4.69) is 121 Å². The Morgan fingerprint density at radius 2 is 0.680 bits per heavy atom. The van der Waals surface area contributed by atoms with Crippen molar-refractivity contribution >= 4 is 40.0 Å². The number of rotatable bonds is 6. The maximum absolute atomic E-state index is 2.43. The van der Waals surface area contributed by atoms with Crippen LogP contribution in [0.2, 0.25) is 0 Å². The van der Waals surface area contributed by atoms with Gasteiger partial charge in [-0.25, -0.2) is 0 Å². The predicted octanol–water partition coefficient (Wildman–Crippen LogP) is 6.24. The van der Waals surface area contributed by atoms with Crippen molar-refractivity contribution in [3.63, 3.8) is 0 Å². The second kappa shape index (κ2) is 9.91. The summed E-state index contributed by atoms with van der Waals surface area (Å²) < 4.78 is 7.30. The Bertz CT molecular complexity index is 713. The molecule has 0 nitrogen and oxygen atoms in total. The van der Waals surface area contributed by atoms with Crippen LogP contribution in [0.25, 0.3) is 18.2 Å². The summed E-state index contributed by atoms with van der Waals surface area (Å²) in [5.41, 5.74) is 3.80. The molecule has 0 unspecified atom stereocenters. The van der Waals surface area contributed by atoms with Gasteiger partial charge in [0.2, 0.25) is 0 Å². The number of benzene rings is 3. The van der Waals surface area contributed by atoms with Gasteiger partial charge >= 0.3 is 159 Å². The molecule has 3 rings (SSSR count). The van der Waals surface area contributed by atoms with E-state index in [9.17, 15) is 0 Å². The molecule has 0 saturated carbocycles. The average molecular weight is 518 g/mol. The number of hydrogen-bond acceptors (Lipinski definition) is 0. The summed E-state index contributed by atoms with van der Waals surface area (Å²) in [6, 6.07) is 31.6. The third-order valence-electron chi connectivity index (χ3n) is 3.72. The van der Waals surface area contributed by atoms with Crippen LogP contribution in [-0.4, -0.2) is 21.8 Å². The van der Waals surface area contributed by atoms with Crippen LogP contribution < -0.4 is 0 Å². The van der Waals surface area contributed by atoms with Gasteiger partial charge in [-0.1, -0.05) is 0 Å². The van der Waals surface area contributed by atoms with Gasteiger partial charge in [0.1, 0.15) is 0 Å². The molecule has 3 aromatic carbocycles. The molecule has 0 aliphatic rings. The molecule has 0 aliphatic heterocycles. The standard InChI is InChI=1S/3C8H7.Bi/c3*1-2-8-6-4-3-5-7-8;/h3*1-7H;. The summed E-state index contributed by atoms with van der Waals surface area (Å²) in [5.74, 6) is 0. The van der Waals surface area contributed by atoms with Crippen molar-refractivity contribution in [2.75, 3.05) is 0 Å². The number of hydrogen-bond donors (Lipinski definition) is 0. The fraction of sp³-hybridized carbons (Fsp3) is 0. The molecule has 0 aromatic heterocycles. The predicted molar refractivity (Wildman–Crippen MR) is 112 cm³/mol. The van der Waals surface area contributed by atoms with Gasteiger partial charge in [-0.05, 0) is 0 Å². The van der Waals surface area contributed by atoms with Crippen LogP contribution in [0.3, 0.4) is 0 Å². The molecule has 0 spiro atoms.